The number of nitrogens with one attached hydrogen (secondary N) is 1. The molecule has 3 fully saturated rings. The van der Waals surface area contributed by atoms with Gasteiger partial charge in [-0.15, -0.1) is 0 Å². The lowest BCUT2D eigenvalue weighted by Gasteiger charge is -2.43. The zero-order chi connectivity index (χ0) is 20.4. The third kappa shape index (κ3) is 3.93. The molecule has 0 aromatic rings. The summed E-state index contributed by atoms with van der Waals surface area (Å²) >= 11 is 17.2. The van der Waals surface area contributed by atoms with E-state index in [1.54, 1.807) is 27.7 Å². The standard InChI is InChI=1S/C16H24Cl3NO7/c1-7(21)15(20-12(22)16(17,18)19)9(8-6-23-13(2,3)25-8)24-11-10(15)26-14(4,5)27-11/h7-11,21H,6H2,1-5H3,(H,20,22)/t7-,8+,9+,10-,11+,15-/m0/s1. The van der Waals surface area contributed by atoms with Gasteiger partial charge in [-0.1, -0.05) is 34.8 Å². The quantitative estimate of drug-likeness (QED) is 0.633. The topological polar surface area (TPSA) is 95.5 Å². The van der Waals surface area contributed by atoms with Crippen LogP contribution in [-0.2, 0) is 28.5 Å². The first-order valence-electron chi connectivity index (χ1n) is 8.58. The average Bonchev–Trinajstić information content (AvgIpc) is 3.07. The second-order valence-corrected chi connectivity index (χ2v) is 10.2. The highest BCUT2D eigenvalue weighted by atomic mass is 35.6. The molecule has 0 saturated carbocycles. The number of rotatable bonds is 3. The maximum Gasteiger partial charge on any atom is 0.272 e. The van der Waals surface area contributed by atoms with E-state index in [9.17, 15) is 9.90 Å². The molecule has 0 bridgehead atoms. The highest BCUT2D eigenvalue weighted by molar-refractivity contribution is 6.76. The summed E-state index contributed by atoms with van der Waals surface area (Å²) in [6, 6.07) is 0. The van der Waals surface area contributed by atoms with Crippen molar-refractivity contribution in [3.63, 3.8) is 0 Å². The Balaban J connectivity index is 2.00. The van der Waals surface area contributed by atoms with Gasteiger partial charge in [0.05, 0.1) is 12.7 Å². The van der Waals surface area contributed by atoms with Crippen LogP contribution in [0.1, 0.15) is 34.6 Å². The number of aliphatic hydroxyl groups is 1. The Hall–Kier alpha value is 0.1000. The summed E-state index contributed by atoms with van der Waals surface area (Å²) in [4.78, 5) is 12.5. The zero-order valence-electron chi connectivity index (χ0n) is 15.6. The molecule has 0 radical (unpaired) electrons. The van der Waals surface area contributed by atoms with Crippen molar-refractivity contribution < 1.29 is 33.6 Å². The predicted octanol–water partition coefficient (Wildman–Crippen LogP) is 1.62. The lowest BCUT2D eigenvalue weighted by molar-refractivity contribution is -0.236. The molecule has 11 heteroatoms. The number of amides is 1. The lowest BCUT2D eigenvalue weighted by Crippen LogP contribution is -2.70. The van der Waals surface area contributed by atoms with Crippen LogP contribution >= 0.6 is 34.8 Å². The highest BCUT2D eigenvalue weighted by Crippen LogP contribution is 2.48. The molecule has 0 unspecified atom stereocenters. The van der Waals surface area contributed by atoms with E-state index in [-0.39, 0.29) is 6.61 Å². The SMILES string of the molecule is C[C@H](O)[C@]1(NC(=O)C(Cl)(Cl)Cl)[C@@H]([C@H]2COC(C)(C)O2)O[C@@H]2OC(C)(C)O[C@@H]21. The summed E-state index contributed by atoms with van der Waals surface area (Å²) in [5.74, 6) is -2.76. The van der Waals surface area contributed by atoms with Gasteiger partial charge in [0, 0.05) is 0 Å². The van der Waals surface area contributed by atoms with Crippen LogP contribution in [0.15, 0.2) is 0 Å². The molecule has 3 rings (SSSR count). The molecule has 0 aromatic heterocycles. The minimum absolute atomic E-state index is 0.179. The Labute approximate surface area is 172 Å². The maximum absolute atomic E-state index is 12.5. The molecule has 6 atom stereocenters. The average molecular weight is 449 g/mol. The summed E-state index contributed by atoms with van der Waals surface area (Å²) in [5, 5.41) is 13.4. The second kappa shape index (κ2) is 6.82. The molecule has 3 aliphatic rings. The van der Waals surface area contributed by atoms with E-state index in [1.165, 1.54) is 6.92 Å². The Bertz CT molecular complexity index is 609. The molecule has 0 aliphatic carbocycles. The van der Waals surface area contributed by atoms with Gasteiger partial charge in [0.25, 0.3) is 9.70 Å². The fraction of sp³-hybridized carbons (Fsp3) is 0.938. The number of fused-ring (bicyclic) bond motifs is 1. The third-order valence-corrected chi connectivity index (χ3v) is 5.44. The van der Waals surface area contributed by atoms with E-state index in [0.717, 1.165) is 0 Å². The number of hydrogen-bond donors (Lipinski definition) is 2. The first kappa shape index (κ1) is 21.8. The van der Waals surface area contributed by atoms with Crippen LogP contribution in [0.5, 0.6) is 0 Å². The molecule has 3 saturated heterocycles. The lowest BCUT2D eigenvalue weighted by atomic mass is 9.80. The van der Waals surface area contributed by atoms with Gasteiger partial charge in [-0.3, -0.25) is 4.79 Å². The van der Waals surface area contributed by atoms with Gasteiger partial charge in [-0.05, 0) is 34.6 Å². The van der Waals surface area contributed by atoms with Crippen molar-refractivity contribution in [2.45, 2.75) is 86.2 Å². The van der Waals surface area contributed by atoms with Gasteiger partial charge in [-0.2, -0.15) is 0 Å². The third-order valence-electron chi connectivity index (χ3n) is 4.93. The Kier molecular flexibility index (Phi) is 5.51. The van der Waals surface area contributed by atoms with Crippen molar-refractivity contribution in [2.75, 3.05) is 6.61 Å². The van der Waals surface area contributed by atoms with Gasteiger partial charge in [0.1, 0.15) is 23.9 Å². The van der Waals surface area contributed by atoms with Crippen molar-refractivity contribution in [1.82, 2.24) is 5.32 Å². The summed E-state index contributed by atoms with van der Waals surface area (Å²) in [6.07, 6.45) is -4.37. The minimum Gasteiger partial charge on any atom is -0.391 e. The summed E-state index contributed by atoms with van der Waals surface area (Å²) in [6.45, 7) is 8.58. The number of halogens is 3. The van der Waals surface area contributed by atoms with Crippen molar-refractivity contribution in [3.8, 4) is 0 Å². The van der Waals surface area contributed by atoms with Gasteiger partial charge in [-0.25, -0.2) is 0 Å². The normalized spacial score (nSPS) is 41.4. The van der Waals surface area contributed by atoms with E-state index in [1.807, 2.05) is 0 Å². The molecule has 3 aliphatic heterocycles. The van der Waals surface area contributed by atoms with Crippen molar-refractivity contribution >= 4 is 40.7 Å². The molecule has 0 spiro atoms. The number of aliphatic hydroxyl groups excluding tert-OH is 1. The van der Waals surface area contributed by atoms with Crippen LogP contribution in [0.3, 0.4) is 0 Å². The van der Waals surface area contributed by atoms with Crippen LogP contribution in [-0.4, -0.2) is 69.2 Å². The first-order chi connectivity index (χ1) is 12.2. The van der Waals surface area contributed by atoms with Crippen molar-refractivity contribution in [2.24, 2.45) is 0 Å². The summed E-state index contributed by atoms with van der Waals surface area (Å²) < 4.78 is 27.1. The molecule has 27 heavy (non-hydrogen) atoms. The van der Waals surface area contributed by atoms with Gasteiger partial charge in [0.2, 0.25) is 0 Å². The molecule has 1 amide bonds. The molecular weight excluding hydrogens is 425 g/mol. The number of alkyl halides is 3. The number of ether oxygens (including phenoxy) is 5. The Morgan fingerprint density at radius 1 is 1.11 bits per heavy atom. The van der Waals surface area contributed by atoms with Gasteiger partial charge in [0.15, 0.2) is 17.9 Å². The Morgan fingerprint density at radius 3 is 2.22 bits per heavy atom. The second-order valence-electron chi connectivity index (χ2n) is 7.91. The van der Waals surface area contributed by atoms with Crippen LogP contribution in [0.2, 0.25) is 0 Å². The van der Waals surface area contributed by atoms with E-state index in [4.69, 9.17) is 58.5 Å². The number of carbonyl (C=O) groups is 1. The Morgan fingerprint density at radius 2 is 1.74 bits per heavy atom. The van der Waals surface area contributed by atoms with Crippen LogP contribution in [0.25, 0.3) is 0 Å². The van der Waals surface area contributed by atoms with Crippen LogP contribution < -0.4 is 5.32 Å². The van der Waals surface area contributed by atoms with Crippen molar-refractivity contribution in [3.05, 3.63) is 0 Å². The molecule has 2 N–H and O–H groups in total. The van der Waals surface area contributed by atoms with Gasteiger partial charge < -0.3 is 34.1 Å². The van der Waals surface area contributed by atoms with E-state index < -0.39 is 57.5 Å². The predicted molar refractivity (Wildman–Crippen MR) is 96.4 cm³/mol. The fourth-order valence-electron chi connectivity index (χ4n) is 3.82. The van der Waals surface area contributed by atoms with Crippen LogP contribution in [0.4, 0.5) is 0 Å². The van der Waals surface area contributed by atoms with Gasteiger partial charge >= 0.3 is 0 Å². The largest absolute Gasteiger partial charge is 0.391 e. The van der Waals surface area contributed by atoms with E-state index in [2.05, 4.69) is 5.32 Å². The minimum atomic E-state index is -2.24. The van der Waals surface area contributed by atoms with Crippen molar-refractivity contribution in [1.29, 1.82) is 0 Å². The monoisotopic (exact) mass is 447 g/mol. The first-order valence-corrected chi connectivity index (χ1v) is 9.72. The smallest absolute Gasteiger partial charge is 0.272 e. The zero-order valence-corrected chi connectivity index (χ0v) is 17.9. The highest BCUT2D eigenvalue weighted by Gasteiger charge is 2.69. The molecule has 3 heterocycles. The molecule has 0 aromatic carbocycles. The summed E-state index contributed by atoms with van der Waals surface area (Å²) in [7, 11) is 0. The maximum atomic E-state index is 12.5. The molecule has 156 valence electrons. The fourth-order valence-corrected chi connectivity index (χ4v) is 3.96. The molecular formula is C16H24Cl3NO7. The van der Waals surface area contributed by atoms with E-state index >= 15 is 0 Å². The number of carbonyl (C=O) groups excluding carboxylic acids is 1. The molecule has 8 nitrogen and oxygen atoms in total. The number of hydrogen-bond acceptors (Lipinski definition) is 7. The van der Waals surface area contributed by atoms with E-state index in [0.29, 0.717) is 0 Å². The summed E-state index contributed by atoms with van der Waals surface area (Å²) in [5.41, 5.74) is -1.49. The van der Waals surface area contributed by atoms with Crippen LogP contribution in [0, 0.1) is 0 Å².